The third-order valence-electron chi connectivity index (χ3n) is 13.6. The first-order valence-corrected chi connectivity index (χ1v) is 30.6. The van der Waals surface area contributed by atoms with Gasteiger partial charge >= 0.3 is 17.9 Å². The van der Waals surface area contributed by atoms with Gasteiger partial charge in [-0.3, -0.25) is 14.4 Å². The second-order valence-corrected chi connectivity index (χ2v) is 20.6. The van der Waals surface area contributed by atoms with Crippen molar-refractivity contribution >= 4 is 17.9 Å². The van der Waals surface area contributed by atoms with E-state index in [0.29, 0.717) is 19.3 Å². The van der Waals surface area contributed by atoms with E-state index in [1.54, 1.807) is 0 Å². The molecule has 0 aliphatic heterocycles. The van der Waals surface area contributed by atoms with Crippen LogP contribution in [0.2, 0.25) is 0 Å². The summed E-state index contributed by atoms with van der Waals surface area (Å²) in [6.45, 7) is 6.59. The van der Waals surface area contributed by atoms with E-state index in [4.69, 9.17) is 14.2 Å². The summed E-state index contributed by atoms with van der Waals surface area (Å²) >= 11 is 0. The largest absolute Gasteiger partial charge is 0.462 e. The van der Waals surface area contributed by atoms with Gasteiger partial charge in [0.2, 0.25) is 0 Å². The second-order valence-electron chi connectivity index (χ2n) is 20.6. The Kier molecular flexibility index (Phi) is 56.7. The summed E-state index contributed by atoms with van der Waals surface area (Å²) in [7, 11) is 0. The quantitative estimate of drug-likeness (QED) is 0.0261. The van der Waals surface area contributed by atoms with E-state index in [0.717, 1.165) is 103 Å². The molecule has 70 heavy (non-hydrogen) atoms. The Bertz CT molecular complexity index is 1220. The molecule has 0 N–H and O–H groups in total. The van der Waals surface area contributed by atoms with Gasteiger partial charge in [-0.15, -0.1) is 0 Å². The standard InChI is InChI=1S/C64H116O6/c1-4-7-10-13-16-19-22-25-28-29-30-31-32-33-34-35-37-39-42-45-48-51-54-57-63(66)69-60-61(59-68-62(65)56-53-50-47-44-41-38-27-24-21-18-15-12-9-6-3)70-64(67)58-55-52-49-46-43-40-36-26-23-20-17-14-11-8-5-2/h15,17-18,20,24,26-27,36,61H,4-14,16,19,21-23,25,28-35,37-60H2,1-3H3/b18-15-,20-17-,27-24-,36-26-. The van der Waals surface area contributed by atoms with Gasteiger partial charge in [0.05, 0.1) is 0 Å². The predicted octanol–water partition coefficient (Wildman–Crippen LogP) is 20.6. The molecule has 0 saturated carbocycles. The molecule has 0 amide bonds. The van der Waals surface area contributed by atoms with Crippen LogP contribution in [-0.2, 0) is 28.6 Å². The maximum atomic E-state index is 12.9. The highest BCUT2D eigenvalue weighted by Crippen LogP contribution is 2.17. The van der Waals surface area contributed by atoms with E-state index in [1.807, 2.05) is 0 Å². The van der Waals surface area contributed by atoms with Crippen molar-refractivity contribution < 1.29 is 28.6 Å². The van der Waals surface area contributed by atoms with Crippen molar-refractivity contribution in [2.24, 2.45) is 0 Å². The molecule has 0 aromatic rings. The number of ether oxygens (including phenoxy) is 3. The van der Waals surface area contributed by atoms with Gasteiger partial charge in [0.15, 0.2) is 6.10 Å². The molecule has 0 rings (SSSR count). The summed E-state index contributed by atoms with van der Waals surface area (Å²) < 4.78 is 16.9. The van der Waals surface area contributed by atoms with Crippen LogP contribution in [0.1, 0.15) is 323 Å². The first-order valence-electron chi connectivity index (χ1n) is 30.6. The summed E-state index contributed by atoms with van der Waals surface area (Å²) in [6.07, 6.45) is 72.6. The van der Waals surface area contributed by atoms with Crippen molar-refractivity contribution in [3.8, 4) is 0 Å². The smallest absolute Gasteiger partial charge is 0.306 e. The van der Waals surface area contributed by atoms with Gasteiger partial charge in [0.1, 0.15) is 13.2 Å². The zero-order valence-electron chi connectivity index (χ0n) is 46.8. The number of unbranched alkanes of at least 4 members (excludes halogenated alkanes) is 37. The van der Waals surface area contributed by atoms with Crippen LogP contribution in [0.15, 0.2) is 48.6 Å². The molecular formula is C64H116O6. The lowest BCUT2D eigenvalue weighted by Gasteiger charge is -2.18. The molecule has 0 heterocycles. The Morgan fingerprint density at radius 2 is 0.529 bits per heavy atom. The maximum Gasteiger partial charge on any atom is 0.306 e. The molecule has 0 saturated heterocycles. The van der Waals surface area contributed by atoms with Crippen LogP contribution in [-0.4, -0.2) is 37.2 Å². The Morgan fingerprint density at radius 3 is 0.857 bits per heavy atom. The van der Waals surface area contributed by atoms with E-state index >= 15 is 0 Å². The molecule has 0 aliphatic rings. The van der Waals surface area contributed by atoms with Crippen LogP contribution < -0.4 is 0 Å². The fourth-order valence-corrected chi connectivity index (χ4v) is 8.90. The Labute approximate surface area is 435 Å². The Hall–Kier alpha value is -2.63. The van der Waals surface area contributed by atoms with Gasteiger partial charge in [0, 0.05) is 19.3 Å². The fourth-order valence-electron chi connectivity index (χ4n) is 8.90. The predicted molar refractivity (Wildman–Crippen MR) is 302 cm³/mol. The molecular weight excluding hydrogens is 865 g/mol. The van der Waals surface area contributed by atoms with Crippen LogP contribution in [0.25, 0.3) is 0 Å². The van der Waals surface area contributed by atoms with Crippen LogP contribution in [0.3, 0.4) is 0 Å². The molecule has 1 unspecified atom stereocenters. The number of esters is 3. The molecule has 0 aliphatic carbocycles. The van der Waals surface area contributed by atoms with Gasteiger partial charge in [-0.1, -0.05) is 275 Å². The van der Waals surface area contributed by atoms with E-state index in [1.165, 1.54) is 180 Å². The lowest BCUT2D eigenvalue weighted by Crippen LogP contribution is -2.30. The second kappa shape index (κ2) is 58.9. The number of hydrogen-bond donors (Lipinski definition) is 0. The van der Waals surface area contributed by atoms with Gasteiger partial charge in [-0.25, -0.2) is 0 Å². The van der Waals surface area contributed by atoms with Crippen molar-refractivity contribution in [3.63, 3.8) is 0 Å². The van der Waals surface area contributed by atoms with Crippen molar-refractivity contribution in [1.29, 1.82) is 0 Å². The third kappa shape index (κ3) is 56.3. The number of rotatable bonds is 56. The molecule has 408 valence electrons. The lowest BCUT2D eigenvalue weighted by atomic mass is 10.0. The van der Waals surface area contributed by atoms with Crippen molar-refractivity contribution in [3.05, 3.63) is 48.6 Å². The van der Waals surface area contributed by atoms with Crippen molar-refractivity contribution in [1.82, 2.24) is 0 Å². The Morgan fingerprint density at radius 1 is 0.286 bits per heavy atom. The maximum absolute atomic E-state index is 12.9. The summed E-state index contributed by atoms with van der Waals surface area (Å²) in [4.78, 5) is 38.2. The zero-order chi connectivity index (χ0) is 50.7. The minimum absolute atomic E-state index is 0.0804. The van der Waals surface area contributed by atoms with Gasteiger partial charge in [0.25, 0.3) is 0 Å². The van der Waals surface area contributed by atoms with Gasteiger partial charge < -0.3 is 14.2 Å². The lowest BCUT2D eigenvalue weighted by molar-refractivity contribution is -0.167. The first kappa shape index (κ1) is 67.4. The van der Waals surface area contributed by atoms with Crippen molar-refractivity contribution in [2.45, 2.75) is 329 Å². The van der Waals surface area contributed by atoms with Gasteiger partial charge in [-0.2, -0.15) is 0 Å². The molecule has 0 radical (unpaired) electrons. The SMILES string of the molecule is CCCC/C=C\C/C=C\CCCCCCCC(=O)OCC(COC(=O)CCCCCCCCCCCCCCCCCCCCCCCCC)OC(=O)CCCCCCC/C=C\C/C=C\CCCCC. The highest BCUT2D eigenvalue weighted by atomic mass is 16.6. The zero-order valence-corrected chi connectivity index (χ0v) is 46.8. The number of hydrogen-bond acceptors (Lipinski definition) is 6. The van der Waals surface area contributed by atoms with E-state index in [2.05, 4.69) is 69.4 Å². The van der Waals surface area contributed by atoms with Crippen LogP contribution in [0.4, 0.5) is 0 Å². The van der Waals surface area contributed by atoms with Crippen LogP contribution in [0.5, 0.6) is 0 Å². The molecule has 0 spiro atoms. The molecule has 1 atom stereocenters. The monoisotopic (exact) mass is 981 g/mol. The topological polar surface area (TPSA) is 78.9 Å². The average molecular weight is 982 g/mol. The number of carbonyl (C=O) groups is 3. The normalized spacial score (nSPS) is 12.3. The fraction of sp³-hybridized carbons (Fsp3) is 0.828. The van der Waals surface area contributed by atoms with E-state index < -0.39 is 6.10 Å². The van der Waals surface area contributed by atoms with E-state index in [9.17, 15) is 14.4 Å². The summed E-state index contributed by atoms with van der Waals surface area (Å²) in [5, 5.41) is 0. The first-order chi connectivity index (χ1) is 34.5. The summed E-state index contributed by atoms with van der Waals surface area (Å²) in [5.74, 6) is -0.892. The molecule has 6 heteroatoms. The number of carbonyl (C=O) groups excluding carboxylic acids is 3. The minimum Gasteiger partial charge on any atom is -0.462 e. The minimum atomic E-state index is -0.785. The van der Waals surface area contributed by atoms with Crippen LogP contribution in [0, 0.1) is 0 Å². The average Bonchev–Trinajstić information content (AvgIpc) is 3.36. The highest BCUT2D eigenvalue weighted by Gasteiger charge is 2.19. The highest BCUT2D eigenvalue weighted by molar-refractivity contribution is 5.71. The van der Waals surface area contributed by atoms with Crippen molar-refractivity contribution in [2.75, 3.05) is 13.2 Å². The molecule has 0 fully saturated rings. The summed E-state index contributed by atoms with van der Waals surface area (Å²) in [6, 6.07) is 0. The summed E-state index contributed by atoms with van der Waals surface area (Å²) in [5.41, 5.74) is 0. The van der Waals surface area contributed by atoms with E-state index in [-0.39, 0.29) is 31.1 Å². The Balaban J connectivity index is 4.29. The molecule has 0 bridgehead atoms. The molecule has 0 aromatic carbocycles. The molecule has 6 nitrogen and oxygen atoms in total. The molecule has 0 aromatic heterocycles. The number of allylic oxidation sites excluding steroid dienone is 8. The van der Waals surface area contributed by atoms with Crippen LogP contribution >= 0.6 is 0 Å². The van der Waals surface area contributed by atoms with Gasteiger partial charge in [-0.05, 0) is 77.0 Å². The third-order valence-corrected chi connectivity index (χ3v) is 13.6.